The van der Waals surface area contributed by atoms with E-state index in [9.17, 15) is 4.79 Å². The van der Waals surface area contributed by atoms with Gasteiger partial charge in [-0.25, -0.2) is 4.79 Å². The molecule has 2 aromatic rings. The average Bonchev–Trinajstić information content (AvgIpc) is 2.40. The number of rotatable bonds is 4. The molecule has 0 unspecified atom stereocenters. The van der Waals surface area contributed by atoms with Crippen molar-refractivity contribution in [1.82, 2.24) is 0 Å². The van der Waals surface area contributed by atoms with Gasteiger partial charge in [-0.2, -0.15) is 0 Å². The van der Waals surface area contributed by atoms with Gasteiger partial charge >= 0.3 is 6.09 Å². The molecule has 1 amide bonds. The Morgan fingerprint density at radius 1 is 1.00 bits per heavy atom. The van der Waals surface area contributed by atoms with Crippen molar-refractivity contribution in [3.05, 3.63) is 52.5 Å². The first-order valence-electron chi connectivity index (χ1n) is 6.34. The van der Waals surface area contributed by atoms with Gasteiger partial charge in [0.25, 0.3) is 0 Å². The van der Waals surface area contributed by atoms with Gasteiger partial charge in [0.2, 0.25) is 0 Å². The molecule has 0 radical (unpaired) electrons. The van der Waals surface area contributed by atoms with E-state index in [2.05, 4.69) is 10.6 Å². The van der Waals surface area contributed by atoms with Crippen molar-refractivity contribution < 1.29 is 9.53 Å². The molecule has 0 atom stereocenters. The third kappa shape index (κ3) is 4.85. The first-order valence-corrected chi connectivity index (χ1v) is 7.09. The predicted octanol–water partition coefficient (Wildman–Crippen LogP) is 5.31. The van der Waals surface area contributed by atoms with Gasteiger partial charge in [-0.15, -0.1) is 0 Å². The van der Waals surface area contributed by atoms with E-state index in [1.165, 1.54) is 0 Å². The van der Waals surface area contributed by atoms with E-state index in [-0.39, 0.29) is 0 Å². The fraction of sp³-hybridized carbons (Fsp3) is 0.133. The lowest BCUT2D eigenvalue weighted by Gasteiger charge is -2.09. The van der Waals surface area contributed by atoms with Crippen molar-refractivity contribution in [2.45, 2.75) is 6.92 Å². The summed E-state index contributed by atoms with van der Waals surface area (Å²) in [5.74, 6) is 0. The van der Waals surface area contributed by atoms with Crippen LogP contribution in [0.5, 0.6) is 0 Å². The summed E-state index contributed by atoms with van der Waals surface area (Å²) in [6.07, 6.45) is -0.472. The number of ether oxygens (including phenoxy) is 1. The van der Waals surface area contributed by atoms with Crippen molar-refractivity contribution in [1.29, 1.82) is 0 Å². The molecular formula is C15H14Cl2N2O2. The van der Waals surface area contributed by atoms with Crippen LogP contribution >= 0.6 is 23.2 Å². The van der Waals surface area contributed by atoms with Crippen LogP contribution < -0.4 is 10.6 Å². The van der Waals surface area contributed by atoms with E-state index in [1.54, 1.807) is 37.3 Å². The molecule has 2 aromatic carbocycles. The molecule has 0 aliphatic heterocycles. The molecule has 0 heterocycles. The number of hydrogen-bond acceptors (Lipinski definition) is 3. The Kier molecular flexibility index (Phi) is 5.31. The first-order chi connectivity index (χ1) is 10.1. The minimum Gasteiger partial charge on any atom is -0.450 e. The number of hydrogen-bond donors (Lipinski definition) is 2. The molecule has 0 aliphatic carbocycles. The predicted molar refractivity (Wildman–Crippen MR) is 86.8 cm³/mol. The lowest BCUT2D eigenvalue weighted by molar-refractivity contribution is 0.168. The SMILES string of the molecule is CCOC(=O)Nc1ccc(Nc2cc(Cl)cc(Cl)c2)cc1. The van der Waals surface area contributed by atoms with Crippen molar-refractivity contribution in [3.8, 4) is 0 Å². The van der Waals surface area contributed by atoms with E-state index in [4.69, 9.17) is 27.9 Å². The molecule has 0 aliphatic rings. The molecule has 0 saturated heterocycles. The molecule has 0 fully saturated rings. The molecule has 0 aromatic heterocycles. The molecule has 21 heavy (non-hydrogen) atoms. The highest BCUT2D eigenvalue weighted by Gasteiger charge is 2.02. The molecule has 4 nitrogen and oxygen atoms in total. The van der Waals surface area contributed by atoms with Crippen LogP contribution in [0.3, 0.4) is 0 Å². The van der Waals surface area contributed by atoms with E-state index < -0.39 is 6.09 Å². The summed E-state index contributed by atoms with van der Waals surface area (Å²) >= 11 is 11.9. The zero-order valence-corrected chi connectivity index (χ0v) is 12.8. The van der Waals surface area contributed by atoms with Crippen LogP contribution in [0, 0.1) is 0 Å². The van der Waals surface area contributed by atoms with E-state index in [0.717, 1.165) is 11.4 Å². The highest BCUT2D eigenvalue weighted by atomic mass is 35.5. The summed E-state index contributed by atoms with van der Waals surface area (Å²) in [7, 11) is 0. The summed E-state index contributed by atoms with van der Waals surface area (Å²) < 4.78 is 4.80. The largest absolute Gasteiger partial charge is 0.450 e. The Bertz CT molecular complexity index is 610. The third-order valence-electron chi connectivity index (χ3n) is 2.56. The second-order valence-electron chi connectivity index (χ2n) is 4.21. The van der Waals surface area contributed by atoms with Crippen LogP contribution in [-0.2, 0) is 4.74 Å². The summed E-state index contributed by atoms with van der Waals surface area (Å²) in [6.45, 7) is 2.09. The molecule has 2 rings (SSSR count). The molecule has 0 spiro atoms. The van der Waals surface area contributed by atoms with Gasteiger partial charge in [-0.1, -0.05) is 23.2 Å². The molecular weight excluding hydrogens is 311 g/mol. The summed E-state index contributed by atoms with van der Waals surface area (Å²) in [4.78, 5) is 11.3. The maximum atomic E-state index is 11.3. The number of carbonyl (C=O) groups is 1. The number of nitrogens with one attached hydrogen (secondary N) is 2. The first kappa shape index (κ1) is 15.5. The summed E-state index contributed by atoms with van der Waals surface area (Å²) in [5.41, 5.74) is 2.30. The molecule has 0 bridgehead atoms. The van der Waals surface area contributed by atoms with Crippen molar-refractivity contribution >= 4 is 46.4 Å². The smallest absolute Gasteiger partial charge is 0.411 e. The molecule has 2 N–H and O–H groups in total. The maximum Gasteiger partial charge on any atom is 0.411 e. The van der Waals surface area contributed by atoms with Gasteiger partial charge in [-0.05, 0) is 49.4 Å². The fourth-order valence-corrected chi connectivity index (χ4v) is 2.24. The number of benzene rings is 2. The van der Waals surface area contributed by atoms with Gasteiger partial charge in [-0.3, -0.25) is 5.32 Å². The Balaban J connectivity index is 2.03. The van der Waals surface area contributed by atoms with E-state index in [1.807, 2.05) is 12.1 Å². The highest BCUT2D eigenvalue weighted by Crippen LogP contribution is 2.25. The lowest BCUT2D eigenvalue weighted by Crippen LogP contribution is -2.13. The van der Waals surface area contributed by atoms with Crippen LogP contribution in [0.4, 0.5) is 21.9 Å². The number of anilines is 3. The van der Waals surface area contributed by atoms with Gasteiger partial charge in [0.15, 0.2) is 0 Å². The Hall–Kier alpha value is -1.91. The summed E-state index contributed by atoms with van der Waals surface area (Å²) in [6, 6.07) is 12.4. The van der Waals surface area contributed by atoms with Crippen molar-refractivity contribution in [2.24, 2.45) is 0 Å². The maximum absolute atomic E-state index is 11.3. The van der Waals surface area contributed by atoms with Crippen LogP contribution in [0.2, 0.25) is 10.0 Å². The number of carbonyl (C=O) groups excluding carboxylic acids is 1. The Labute approximate surface area is 133 Å². The molecule has 110 valence electrons. The normalized spacial score (nSPS) is 10.0. The van der Waals surface area contributed by atoms with Gasteiger partial charge in [0, 0.05) is 27.1 Å². The minimum atomic E-state index is -0.472. The zero-order valence-electron chi connectivity index (χ0n) is 11.3. The second-order valence-corrected chi connectivity index (χ2v) is 5.08. The van der Waals surface area contributed by atoms with Crippen LogP contribution in [0.1, 0.15) is 6.92 Å². The lowest BCUT2D eigenvalue weighted by atomic mass is 10.2. The Morgan fingerprint density at radius 3 is 2.14 bits per heavy atom. The zero-order chi connectivity index (χ0) is 15.2. The van der Waals surface area contributed by atoms with Gasteiger partial charge in [0.05, 0.1) is 6.61 Å². The monoisotopic (exact) mass is 324 g/mol. The quantitative estimate of drug-likeness (QED) is 0.801. The highest BCUT2D eigenvalue weighted by molar-refractivity contribution is 6.35. The minimum absolute atomic E-state index is 0.334. The van der Waals surface area contributed by atoms with Crippen molar-refractivity contribution in [3.63, 3.8) is 0 Å². The van der Waals surface area contributed by atoms with E-state index in [0.29, 0.717) is 22.3 Å². The van der Waals surface area contributed by atoms with E-state index >= 15 is 0 Å². The number of halogens is 2. The topological polar surface area (TPSA) is 50.4 Å². The second kappa shape index (κ2) is 7.20. The number of amides is 1. The summed E-state index contributed by atoms with van der Waals surface area (Å²) in [5, 5.41) is 6.92. The van der Waals surface area contributed by atoms with Crippen LogP contribution in [0.15, 0.2) is 42.5 Å². The average molecular weight is 325 g/mol. The molecule has 6 heteroatoms. The fourth-order valence-electron chi connectivity index (χ4n) is 1.71. The van der Waals surface area contributed by atoms with Gasteiger partial charge < -0.3 is 10.1 Å². The molecule has 0 saturated carbocycles. The van der Waals surface area contributed by atoms with Crippen molar-refractivity contribution in [2.75, 3.05) is 17.2 Å². The standard InChI is InChI=1S/C15H14Cl2N2O2/c1-2-21-15(20)19-13-5-3-12(4-6-13)18-14-8-10(16)7-11(17)9-14/h3-9,18H,2H2,1H3,(H,19,20). The van der Waals surface area contributed by atoms with Crippen LogP contribution in [0.25, 0.3) is 0 Å². The van der Waals surface area contributed by atoms with Crippen LogP contribution in [-0.4, -0.2) is 12.7 Å². The third-order valence-corrected chi connectivity index (χ3v) is 2.99. The Morgan fingerprint density at radius 2 is 1.57 bits per heavy atom. The van der Waals surface area contributed by atoms with Gasteiger partial charge in [0.1, 0.15) is 0 Å².